The van der Waals surface area contributed by atoms with Crippen LogP contribution in [0.5, 0.6) is 0 Å². The van der Waals surface area contributed by atoms with Gasteiger partial charge in [0, 0.05) is 25.3 Å². The minimum absolute atomic E-state index is 0.0287. The van der Waals surface area contributed by atoms with Crippen LogP contribution in [0.25, 0.3) is 15.9 Å². The molecule has 1 fully saturated rings. The fraction of sp³-hybridized carbons (Fsp3) is 0.433. The molecule has 4 unspecified atom stereocenters. The summed E-state index contributed by atoms with van der Waals surface area (Å²) >= 11 is 0. The smallest absolute Gasteiger partial charge is 0.167 e. The SMILES string of the molecule is COCC1OC(n2cnc3c(NCC(c4ccccc4)c4ccccc4)nc(C[N-]S(=O)(=O)CC(C)C)nc32)C(O)C1O. The molecule has 0 saturated carbocycles. The molecule has 1 saturated heterocycles. The highest BCUT2D eigenvalue weighted by molar-refractivity contribution is 7.93. The monoisotopic (exact) mass is 609 g/mol. The Morgan fingerprint density at radius 1 is 1.02 bits per heavy atom. The van der Waals surface area contributed by atoms with E-state index >= 15 is 0 Å². The molecule has 13 heteroatoms. The quantitative estimate of drug-likeness (QED) is 0.205. The lowest BCUT2D eigenvalue weighted by Gasteiger charge is -2.22. The summed E-state index contributed by atoms with van der Waals surface area (Å²) in [6.07, 6.45) is -2.75. The van der Waals surface area contributed by atoms with Crippen molar-refractivity contribution >= 4 is 27.0 Å². The molecule has 43 heavy (non-hydrogen) atoms. The summed E-state index contributed by atoms with van der Waals surface area (Å²) in [6, 6.07) is 20.2. The second kappa shape index (κ2) is 13.5. The van der Waals surface area contributed by atoms with Crippen LogP contribution < -0.4 is 5.32 Å². The number of nitrogens with zero attached hydrogens (tertiary/aromatic N) is 5. The second-order valence-electron chi connectivity index (χ2n) is 11.0. The molecule has 0 aliphatic carbocycles. The predicted molar refractivity (Wildman–Crippen MR) is 162 cm³/mol. The average Bonchev–Trinajstić information content (AvgIpc) is 3.53. The zero-order chi connectivity index (χ0) is 30.6. The normalized spacial score (nSPS) is 20.8. The number of benzene rings is 2. The van der Waals surface area contributed by atoms with Gasteiger partial charge in [0.25, 0.3) is 0 Å². The first kappa shape index (κ1) is 31.0. The molecule has 2 aromatic carbocycles. The lowest BCUT2D eigenvalue weighted by atomic mass is 9.91. The lowest BCUT2D eigenvalue weighted by molar-refractivity contribution is -0.0580. The van der Waals surface area contributed by atoms with E-state index in [1.54, 1.807) is 0 Å². The van der Waals surface area contributed by atoms with E-state index in [1.807, 2.05) is 50.2 Å². The molecule has 0 radical (unpaired) electrons. The van der Waals surface area contributed by atoms with E-state index in [0.29, 0.717) is 23.5 Å². The molecule has 1 aliphatic heterocycles. The number of sulfonamides is 1. The van der Waals surface area contributed by atoms with Crippen LogP contribution in [0.3, 0.4) is 0 Å². The number of nitrogens with one attached hydrogen (secondary N) is 1. The molecule has 4 aromatic rings. The van der Waals surface area contributed by atoms with Crippen molar-refractivity contribution in [1.82, 2.24) is 19.5 Å². The standard InChI is InChI=1S/C30H37N6O6S/c1-19(2)17-43(39,40)33-15-24-34-28(31-14-22(20-10-6-4-7-11-20)21-12-8-5-9-13-21)25-29(35-24)36(18-32-25)30-27(38)26(37)23(42-30)16-41-3/h4-13,18-19,22-23,26-27,30,37-38H,14-17H2,1-3H3,(H,31,34,35)/q-1. The summed E-state index contributed by atoms with van der Waals surface area (Å²) in [6.45, 7) is 3.89. The van der Waals surface area contributed by atoms with E-state index in [4.69, 9.17) is 9.47 Å². The van der Waals surface area contributed by atoms with Gasteiger partial charge in [0.05, 0.1) is 23.0 Å². The minimum atomic E-state index is -3.69. The van der Waals surface area contributed by atoms with Gasteiger partial charge in [-0.2, -0.15) is 0 Å². The van der Waals surface area contributed by atoms with E-state index in [1.165, 1.54) is 18.0 Å². The van der Waals surface area contributed by atoms with Crippen LogP contribution in [0, 0.1) is 5.92 Å². The maximum absolute atomic E-state index is 12.5. The molecule has 230 valence electrons. The van der Waals surface area contributed by atoms with E-state index < -0.39 is 34.6 Å². The maximum atomic E-state index is 12.5. The summed E-state index contributed by atoms with van der Waals surface area (Å²) in [5.41, 5.74) is 2.91. The van der Waals surface area contributed by atoms with Crippen molar-refractivity contribution in [1.29, 1.82) is 0 Å². The molecule has 2 aromatic heterocycles. The van der Waals surface area contributed by atoms with Crippen molar-refractivity contribution in [3.8, 4) is 0 Å². The summed E-state index contributed by atoms with van der Waals surface area (Å²) < 4.78 is 41.6. The number of anilines is 1. The molecule has 12 nitrogen and oxygen atoms in total. The van der Waals surface area contributed by atoms with E-state index in [-0.39, 0.29) is 36.6 Å². The fourth-order valence-corrected chi connectivity index (χ4v) is 6.49. The maximum Gasteiger partial charge on any atom is 0.167 e. The van der Waals surface area contributed by atoms with Crippen LogP contribution in [-0.4, -0.2) is 82.5 Å². The highest BCUT2D eigenvalue weighted by atomic mass is 32.2. The van der Waals surface area contributed by atoms with Gasteiger partial charge in [0.1, 0.15) is 24.1 Å². The van der Waals surface area contributed by atoms with Gasteiger partial charge in [0.2, 0.25) is 0 Å². The molecule has 0 bridgehead atoms. The van der Waals surface area contributed by atoms with Crippen LogP contribution in [-0.2, 0) is 26.0 Å². The van der Waals surface area contributed by atoms with Crippen molar-refractivity contribution in [2.24, 2.45) is 5.92 Å². The van der Waals surface area contributed by atoms with Crippen LogP contribution in [0.4, 0.5) is 5.82 Å². The number of hydrogen-bond acceptors (Lipinski definition) is 10. The van der Waals surface area contributed by atoms with E-state index in [9.17, 15) is 18.6 Å². The summed E-state index contributed by atoms with van der Waals surface area (Å²) in [7, 11) is -2.21. The van der Waals surface area contributed by atoms with Crippen molar-refractivity contribution in [3.63, 3.8) is 0 Å². The first-order chi connectivity index (χ1) is 20.7. The third kappa shape index (κ3) is 7.20. The number of rotatable bonds is 13. The molecule has 3 heterocycles. The number of ether oxygens (including phenoxy) is 2. The van der Waals surface area contributed by atoms with Crippen LogP contribution >= 0.6 is 0 Å². The Morgan fingerprint density at radius 3 is 2.28 bits per heavy atom. The highest BCUT2D eigenvalue weighted by Crippen LogP contribution is 2.33. The zero-order valence-electron chi connectivity index (χ0n) is 24.3. The molecule has 5 rings (SSSR count). The number of hydrogen-bond donors (Lipinski definition) is 3. The third-order valence-corrected chi connectivity index (χ3v) is 8.84. The lowest BCUT2D eigenvalue weighted by Crippen LogP contribution is -2.33. The number of aromatic nitrogens is 4. The number of methoxy groups -OCH3 is 1. The molecule has 1 aliphatic rings. The van der Waals surface area contributed by atoms with Gasteiger partial charge in [-0.3, -0.25) is 4.57 Å². The van der Waals surface area contributed by atoms with Gasteiger partial charge in [-0.05, 0) is 17.0 Å². The molecular formula is C30H37N6O6S-. The van der Waals surface area contributed by atoms with Gasteiger partial charge < -0.3 is 29.7 Å². The minimum Gasteiger partial charge on any atom is -0.543 e. The first-order valence-corrected chi connectivity index (χ1v) is 15.8. The molecule has 0 amide bonds. The number of fused-ring (bicyclic) bond motifs is 1. The van der Waals surface area contributed by atoms with Crippen molar-refractivity contribution in [3.05, 3.63) is 88.7 Å². The van der Waals surface area contributed by atoms with Gasteiger partial charge in [-0.25, -0.2) is 23.4 Å². The summed E-state index contributed by atoms with van der Waals surface area (Å²) in [4.78, 5) is 13.7. The van der Waals surface area contributed by atoms with E-state index in [2.05, 4.69) is 49.3 Å². The Bertz CT molecular complexity index is 1560. The van der Waals surface area contributed by atoms with Gasteiger partial charge in [0.15, 0.2) is 23.2 Å². The molecular weight excluding hydrogens is 572 g/mol. The topological polar surface area (TPSA) is 163 Å². The fourth-order valence-electron chi connectivity index (χ4n) is 5.23. The number of imidazole rings is 1. The van der Waals surface area contributed by atoms with Gasteiger partial charge in [-0.1, -0.05) is 81.1 Å². The third-order valence-electron chi connectivity index (χ3n) is 7.23. The first-order valence-electron chi connectivity index (χ1n) is 14.2. The Labute approximate surface area is 251 Å². The van der Waals surface area contributed by atoms with Crippen LogP contribution in [0.15, 0.2) is 67.0 Å². The summed E-state index contributed by atoms with van der Waals surface area (Å²) in [5, 5.41) is 24.8. The van der Waals surface area contributed by atoms with Crippen molar-refractivity contribution < 1.29 is 28.1 Å². The zero-order valence-corrected chi connectivity index (χ0v) is 25.1. The Balaban J connectivity index is 1.51. The Morgan fingerprint density at radius 2 is 1.67 bits per heavy atom. The van der Waals surface area contributed by atoms with Crippen molar-refractivity contribution in [2.45, 2.75) is 50.8 Å². The van der Waals surface area contributed by atoms with Crippen molar-refractivity contribution in [2.75, 3.05) is 31.3 Å². The molecule has 3 N–H and O–H groups in total. The predicted octanol–water partition coefficient (Wildman–Crippen LogP) is 3.20. The summed E-state index contributed by atoms with van der Waals surface area (Å²) in [5.74, 6) is 0.333. The van der Waals surface area contributed by atoms with Crippen LogP contribution in [0.1, 0.15) is 42.9 Å². The number of aliphatic hydroxyl groups is 2. The van der Waals surface area contributed by atoms with Gasteiger partial charge in [-0.15, -0.1) is 0 Å². The van der Waals surface area contributed by atoms with Gasteiger partial charge >= 0.3 is 0 Å². The van der Waals surface area contributed by atoms with E-state index in [0.717, 1.165) is 11.1 Å². The second-order valence-corrected chi connectivity index (χ2v) is 12.8. The molecule has 0 spiro atoms. The largest absolute Gasteiger partial charge is 0.543 e. The molecule has 4 atom stereocenters. The Kier molecular flexibility index (Phi) is 9.69. The van der Waals surface area contributed by atoms with Crippen LogP contribution in [0.2, 0.25) is 0 Å². The Hall–Kier alpha value is -3.46. The number of aliphatic hydroxyl groups excluding tert-OH is 2. The highest BCUT2D eigenvalue weighted by Gasteiger charge is 2.44. The average molecular weight is 610 g/mol.